The van der Waals surface area contributed by atoms with E-state index in [2.05, 4.69) is 22.5 Å². The molecule has 1 aliphatic carbocycles. The van der Waals surface area contributed by atoms with Crippen LogP contribution in [0.4, 0.5) is 11.4 Å². The molecule has 2 heterocycles. The second-order valence-corrected chi connectivity index (χ2v) is 6.21. The number of anilines is 1. The lowest BCUT2D eigenvalue weighted by Crippen LogP contribution is -2.30. The van der Waals surface area contributed by atoms with Crippen molar-refractivity contribution in [3.8, 4) is 0 Å². The summed E-state index contributed by atoms with van der Waals surface area (Å²) in [5.74, 6) is 0.552. The summed E-state index contributed by atoms with van der Waals surface area (Å²) in [4.78, 5) is 15.4. The Hall–Kier alpha value is -2.69. The van der Waals surface area contributed by atoms with Gasteiger partial charge in [0.25, 0.3) is 5.69 Å². The first kappa shape index (κ1) is 13.9. The van der Waals surface area contributed by atoms with E-state index in [0.29, 0.717) is 5.92 Å². The van der Waals surface area contributed by atoms with Crippen molar-refractivity contribution in [2.75, 3.05) is 5.32 Å². The van der Waals surface area contributed by atoms with Crippen LogP contribution in [0.15, 0.2) is 48.7 Å². The van der Waals surface area contributed by atoms with Gasteiger partial charge in [-0.3, -0.25) is 15.1 Å². The van der Waals surface area contributed by atoms with Crippen LogP contribution in [0, 0.1) is 23.0 Å². The minimum absolute atomic E-state index is 0.129. The van der Waals surface area contributed by atoms with Crippen molar-refractivity contribution in [3.63, 3.8) is 0 Å². The fraction of sp³-hybridized carbons (Fsp3) is 0.278. The molecule has 0 spiro atoms. The maximum absolute atomic E-state index is 11.2. The summed E-state index contributed by atoms with van der Waals surface area (Å²) in [6.07, 6.45) is 7.13. The predicted molar refractivity (Wildman–Crippen MR) is 88.4 cm³/mol. The molecule has 2 aromatic rings. The number of rotatable bonds is 2. The van der Waals surface area contributed by atoms with Crippen molar-refractivity contribution in [2.24, 2.45) is 5.92 Å². The zero-order valence-corrected chi connectivity index (χ0v) is 12.8. The molecular weight excluding hydrogens is 290 g/mol. The Bertz CT molecular complexity index is 801. The number of non-ortho nitro benzene ring substituents is 1. The molecule has 0 bridgehead atoms. The molecule has 1 aliphatic heterocycles. The quantitative estimate of drug-likeness (QED) is 0.514. The van der Waals surface area contributed by atoms with Crippen LogP contribution in [0.1, 0.15) is 35.2 Å². The maximum atomic E-state index is 11.2. The van der Waals surface area contributed by atoms with Crippen LogP contribution in [-0.2, 0) is 0 Å². The topological polar surface area (TPSA) is 68.1 Å². The number of allylic oxidation sites excluding steroid dienone is 2. The highest BCUT2D eigenvalue weighted by Crippen LogP contribution is 2.51. The smallest absolute Gasteiger partial charge is 0.270 e. The Morgan fingerprint density at radius 3 is 2.96 bits per heavy atom. The van der Waals surface area contributed by atoms with Gasteiger partial charge in [-0.1, -0.05) is 18.2 Å². The largest absolute Gasteiger partial charge is 0.376 e. The van der Waals surface area contributed by atoms with Gasteiger partial charge in [-0.15, -0.1) is 0 Å². The van der Waals surface area contributed by atoms with E-state index >= 15 is 0 Å². The highest BCUT2D eigenvalue weighted by molar-refractivity contribution is 5.67. The Morgan fingerprint density at radius 2 is 2.22 bits per heavy atom. The van der Waals surface area contributed by atoms with Crippen LogP contribution in [0.2, 0.25) is 0 Å². The summed E-state index contributed by atoms with van der Waals surface area (Å²) in [6, 6.07) is 9.44. The van der Waals surface area contributed by atoms with Crippen molar-refractivity contribution in [3.05, 3.63) is 75.6 Å². The SMILES string of the molecule is Cc1cc([N+](=O)[O-])cc2c1N[C@H](c1ccccn1)[C@H]1CC=C[C@H]21. The molecule has 2 aliphatic rings. The van der Waals surface area contributed by atoms with Crippen molar-refractivity contribution in [2.45, 2.75) is 25.3 Å². The molecule has 0 radical (unpaired) electrons. The third-order valence-electron chi connectivity index (χ3n) is 4.87. The number of hydrogen-bond acceptors (Lipinski definition) is 4. The standard InChI is InChI=1S/C18H17N3O2/c1-11-9-12(21(22)23)10-15-13-5-4-6-14(13)18(20-17(11)15)16-7-2-3-8-19-16/h2-5,7-10,13-14,18,20H,6H2,1H3/t13-,14-,18-/m0/s1. The minimum Gasteiger partial charge on any atom is -0.376 e. The van der Waals surface area contributed by atoms with Gasteiger partial charge in [0.2, 0.25) is 0 Å². The van der Waals surface area contributed by atoms with Crippen LogP contribution in [-0.4, -0.2) is 9.91 Å². The maximum Gasteiger partial charge on any atom is 0.270 e. The van der Waals surface area contributed by atoms with Gasteiger partial charge in [-0.05, 0) is 42.5 Å². The van der Waals surface area contributed by atoms with E-state index < -0.39 is 0 Å². The lowest BCUT2D eigenvalue weighted by Gasteiger charge is -2.37. The summed E-state index contributed by atoms with van der Waals surface area (Å²) in [5.41, 5.74) is 4.14. The summed E-state index contributed by atoms with van der Waals surface area (Å²) in [7, 11) is 0. The Labute approximate surface area is 134 Å². The monoisotopic (exact) mass is 307 g/mol. The van der Waals surface area contributed by atoms with E-state index in [-0.39, 0.29) is 22.6 Å². The van der Waals surface area contributed by atoms with E-state index in [9.17, 15) is 10.1 Å². The third-order valence-corrected chi connectivity index (χ3v) is 4.87. The number of nitrogens with zero attached hydrogens (tertiary/aromatic N) is 2. The molecule has 0 amide bonds. The van der Waals surface area contributed by atoms with Crippen LogP contribution in [0.5, 0.6) is 0 Å². The zero-order valence-electron chi connectivity index (χ0n) is 12.8. The zero-order chi connectivity index (χ0) is 16.0. The van der Waals surface area contributed by atoms with Gasteiger partial charge in [0.1, 0.15) is 0 Å². The van der Waals surface area contributed by atoms with Crippen molar-refractivity contribution >= 4 is 11.4 Å². The number of nitro benzene ring substituents is 1. The summed E-state index contributed by atoms with van der Waals surface area (Å²) < 4.78 is 0. The van der Waals surface area contributed by atoms with E-state index in [1.54, 1.807) is 12.1 Å². The summed E-state index contributed by atoms with van der Waals surface area (Å²) in [6.45, 7) is 1.92. The molecule has 5 heteroatoms. The number of hydrogen-bond donors (Lipinski definition) is 1. The van der Waals surface area contributed by atoms with E-state index in [1.165, 1.54) is 0 Å². The Kier molecular flexibility index (Phi) is 3.15. The first-order valence-electron chi connectivity index (χ1n) is 7.78. The summed E-state index contributed by atoms with van der Waals surface area (Å²) >= 11 is 0. The Balaban J connectivity index is 1.84. The molecule has 1 N–H and O–H groups in total. The predicted octanol–water partition coefficient (Wildman–Crippen LogP) is 4.12. The highest BCUT2D eigenvalue weighted by Gasteiger charge is 2.39. The number of aryl methyl sites for hydroxylation is 1. The molecule has 0 saturated heterocycles. The molecule has 116 valence electrons. The van der Waals surface area contributed by atoms with E-state index in [4.69, 9.17) is 0 Å². The van der Waals surface area contributed by atoms with E-state index in [0.717, 1.165) is 28.9 Å². The number of benzene rings is 1. The lowest BCUT2D eigenvalue weighted by molar-refractivity contribution is -0.385. The van der Waals surface area contributed by atoms with Gasteiger partial charge in [0.05, 0.1) is 16.7 Å². The average molecular weight is 307 g/mol. The number of aromatic nitrogens is 1. The highest BCUT2D eigenvalue weighted by atomic mass is 16.6. The van der Waals surface area contributed by atoms with Crippen molar-refractivity contribution in [1.29, 1.82) is 0 Å². The normalized spacial score (nSPS) is 24.7. The molecule has 0 fully saturated rings. The van der Waals surface area contributed by atoms with Gasteiger partial charge in [-0.2, -0.15) is 0 Å². The first-order chi connectivity index (χ1) is 11.1. The molecule has 3 atom stereocenters. The van der Waals surface area contributed by atoms with Gasteiger partial charge >= 0.3 is 0 Å². The first-order valence-corrected chi connectivity index (χ1v) is 7.78. The molecular formula is C18H17N3O2. The molecule has 1 aromatic heterocycles. The molecule has 23 heavy (non-hydrogen) atoms. The van der Waals surface area contributed by atoms with Gasteiger partial charge < -0.3 is 5.32 Å². The summed E-state index contributed by atoms with van der Waals surface area (Å²) in [5, 5.41) is 14.8. The van der Waals surface area contributed by atoms with Gasteiger partial charge in [0, 0.05) is 29.9 Å². The van der Waals surface area contributed by atoms with Crippen LogP contribution >= 0.6 is 0 Å². The average Bonchev–Trinajstić information content (AvgIpc) is 3.04. The fourth-order valence-electron chi connectivity index (χ4n) is 3.83. The molecule has 5 nitrogen and oxygen atoms in total. The molecule has 4 rings (SSSR count). The fourth-order valence-corrected chi connectivity index (χ4v) is 3.83. The van der Waals surface area contributed by atoms with Crippen LogP contribution in [0.3, 0.4) is 0 Å². The Morgan fingerprint density at radius 1 is 1.35 bits per heavy atom. The van der Waals surface area contributed by atoms with Crippen LogP contribution in [0.25, 0.3) is 0 Å². The number of nitro groups is 1. The van der Waals surface area contributed by atoms with Crippen molar-refractivity contribution in [1.82, 2.24) is 4.98 Å². The minimum atomic E-state index is -0.314. The number of nitrogens with one attached hydrogen (secondary N) is 1. The van der Waals surface area contributed by atoms with E-state index in [1.807, 2.05) is 31.3 Å². The number of pyridine rings is 1. The molecule has 0 saturated carbocycles. The van der Waals surface area contributed by atoms with Gasteiger partial charge in [-0.25, -0.2) is 0 Å². The lowest BCUT2D eigenvalue weighted by atomic mass is 9.77. The second kappa shape index (κ2) is 5.19. The van der Waals surface area contributed by atoms with Crippen LogP contribution < -0.4 is 5.32 Å². The van der Waals surface area contributed by atoms with Gasteiger partial charge in [0.15, 0.2) is 0 Å². The molecule has 1 aromatic carbocycles. The second-order valence-electron chi connectivity index (χ2n) is 6.21. The third kappa shape index (κ3) is 2.20. The molecule has 0 unspecified atom stereocenters. The van der Waals surface area contributed by atoms with Crippen molar-refractivity contribution < 1.29 is 4.92 Å². The number of fused-ring (bicyclic) bond motifs is 3.